The molecule has 2 aromatic heterocycles. The molecule has 112 valence electrons. The third-order valence-corrected chi connectivity index (χ3v) is 3.30. The van der Waals surface area contributed by atoms with E-state index in [2.05, 4.69) is 20.3 Å². The van der Waals surface area contributed by atoms with E-state index in [1.54, 1.807) is 10.9 Å². The average molecular weight is 295 g/mol. The number of nitrogens with zero attached hydrogens (tertiary/aromatic N) is 5. The van der Waals surface area contributed by atoms with Crippen LogP contribution in [-0.4, -0.2) is 25.0 Å². The maximum absolute atomic E-state index is 5.68. The van der Waals surface area contributed by atoms with Crippen molar-refractivity contribution < 1.29 is 4.74 Å². The molecule has 0 spiro atoms. The largest absolute Gasteiger partial charge is 0.423 e. The van der Waals surface area contributed by atoms with Gasteiger partial charge in [-0.2, -0.15) is 10.1 Å². The Morgan fingerprint density at radius 3 is 2.41 bits per heavy atom. The summed E-state index contributed by atoms with van der Waals surface area (Å²) in [6.07, 6.45) is 5.26. The van der Waals surface area contributed by atoms with Crippen molar-refractivity contribution in [1.82, 2.24) is 25.0 Å². The predicted molar refractivity (Wildman–Crippen MR) is 82.2 cm³/mol. The topological polar surface area (TPSA) is 65.7 Å². The van der Waals surface area contributed by atoms with E-state index in [0.29, 0.717) is 5.75 Å². The van der Waals surface area contributed by atoms with Crippen LogP contribution in [0.25, 0.3) is 5.69 Å². The molecule has 1 aromatic carbocycles. The Balaban J connectivity index is 1.78. The lowest BCUT2D eigenvalue weighted by molar-refractivity contribution is 0.428. The van der Waals surface area contributed by atoms with Crippen LogP contribution < -0.4 is 4.74 Å². The Bertz CT molecular complexity index is 738. The minimum absolute atomic E-state index is 0.279. The van der Waals surface area contributed by atoms with Crippen molar-refractivity contribution in [3.8, 4) is 17.4 Å². The minimum atomic E-state index is 0.279. The van der Waals surface area contributed by atoms with Crippen LogP contribution in [0.2, 0.25) is 0 Å². The van der Waals surface area contributed by atoms with Crippen LogP contribution in [0.3, 0.4) is 0 Å². The molecular weight excluding hydrogens is 278 g/mol. The molecule has 0 radical (unpaired) electrons. The molecule has 0 unspecified atom stereocenters. The molecule has 0 aliphatic heterocycles. The first-order chi connectivity index (χ1) is 10.8. The molecule has 2 heterocycles. The van der Waals surface area contributed by atoms with Gasteiger partial charge >= 0.3 is 6.01 Å². The normalized spacial score (nSPS) is 10.6. The highest BCUT2D eigenvalue weighted by Crippen LogP contribution is 2.20. The Morgan fingerprint density at radius 2 is 1.77 bits per heavy atom. The fourth-order valence-electron chi connectivity index (χ4n) is 2.16. The quantitative estimate of drug-likeness (QED) is 0.724. The molecule has 0 amide bonds. The first-order valence-corrected chi connectivity index (χ1v) is 7.30. The number of hydrogen-bond donors (Lipinski definition) is 0. The molecule has 0 saturated carbocycles. The van der Waals surface area contributed by atoms with Gasteiger partial charge in [-0.1, -0.05) is 18.9 Å². The molecular formula is C16H17N5O. The number of aryl methyl sites for hydroxylation is 2. The number of benzene rings is 1. The third kappa shape index (κ3) is 2.95. The Labute approximate surface area is 128 Å². The smallest absolute Gasteiger partial charge is 0.341 e. The van der Waals surface area contributed by atoms with E-state index in [9.17, 15) is 0 Å². The maximum Gasteiger partial charge on any atom is 0.341 e. The van der Waals surface area contributed by atoms with Crippen molar-refractivity contribution >= 4 is 0 Å². The lowest BCUT2D eigenvalue weighted by Gasteiger charge is -2.07. The van der Waals surface area contributed by atoms with E-state index in [1.165, 1.54) is 0 Å². The fourth-order valence-corrected chi connectivity index (χ4v) is 2.16. The van der Waals surface area contributed by atoms with Crippen molar-refractivity contribution in [1.29, 1.82) is 0 Å². The lowest BCUT2D eigenvalue weighted by Crippen LogP contribution is -2.04. The van der Waals surface area contributed by atoms with Gasteiger partial charge in [-0.3, -0.25) is 0 Å². The standard InChI is InChI=1S/C16H17N5O/c1-3-14-15(4-2)19-20-16(18-14)22-13-8-6-12(7-9-13)21-11-5-10-17-21/h5-11H,3-4H2,1-2H3. The first kappa shape index (κ1) is 14.2. The molecule has 3 rings (SSSR count). The van der Waals surface area contributed by atoms with Gasteiger partial charge in [-0.05, 0) is 43.2 Å². The highest BCUT2D eigenvalue weighted by molar-refractivity contribution is 5.37. The minimum Gasteiger partial charge on any atom is -0.423 e. The van der Waals surface area contributed by atoms with Crippen molar-refractivity contribution in [2.75, 3.05) is 0 Å². The second-order valence-electron chi connectivity index (χ2n) is 4.74. The number of rotatable bonds is 5. The Kier molecular flexibility index (Phi) is 4.09. The summed E-state index contributed by atoms with van der Waals surface area (Å²) < 4.78 is 7.46. The van der Waals surface area contributed by atoms with E-state index in [4.69, 9.17) is 4.74 Å². The van der Waals surface area contributed by atoms with E-state index >= 15 is 0 Å². The summed E-state index contributed by atoms with van der Waals surface area (Å²) in [5.74, 6) is 0.670. The summed E-state index contributed by atoms with van der Waals surface area (Å²) in [5.41, 5.74) is 2.82. The van der Waals surface area contributed by atoms with Gasteiger partial charge in [0.1, 0.15) is 5.75 Å². The molecule has 0 fully saturated rings. The Morgan fingerprint density at radius 1 is 1.00 bits per heavy atom. The summed E-state index contributed by atoms with van der Waals surface area (Å²) >= 11 is 0. The van der Waals surface area contributed by atoms with Crippen molar-refractivity contribution in [3.63, 3.8) is 0 Å². The molecule has 0 aliphatic rings. The van der Waals surface area contributed by atoms with Gasteiger partial charge in [0, 0.05) is 12.4 Å². The van der Waals surface area contributed by atoms with Crippen molar-refractivity contribution in [2.45, 2.75) is 26.7 Å². The average Bonchev–Trinajstić information content (AvgIpc) is 3.10. The van der Waals surface area contributed by atoms with Gasteiger partial charge in [0.2, 0.25) is 0 Å². The third-order valence-electron chi connectivity index (χ3n) is 3.30. The highest BCUT2D eigenvalue weighted by atomic mass is 16.5. The Hall–Kier alpha value is -2.76. The van der Waals surface area contributed by atoms with E-state index in [1.807, 2.05) is 50.4 Å². The molecule has 0 atom stereocenters. The fraction of sp³-hybridized carbons (Fsp3) is 0.250. The van der Waals surface area contributed by atoms with Gasteiger partial charge in [-0.25, -0.2) is 4.68 Å². The molecule has 22 heavy (non-hydrogen) atoms. The lowest BCUT2D eigenvalue weighted by atomic mass is 10.2. The van der Waals surface area contributed by atoms with Gasteiger partial charge in [-0.15, -0.1) is 5.10 Å². The SMILES string of the molecule is CCc1nnc(Oc2ccc(-n3cccn3)cc2)nc1CC. The second kappa shape index (κ2) is 6.34. The van der Waals surface area contributed by atoms with Crippen molar-refractivity contribution in [2.24, 2.45) is 0 Å². The van der Waals surface area contributed by atoms with Crippen LogP contribution in [0.4, 0.5) is 0 Å². The molecule has 6 heteroatoms. The zero-order valence-electron chi connectivity index (χ0n) is 12.6. The van der Waals surface area contributed by atoms with E-state index in [0.717, 1.165) is 29.9 Å². The predicted octanol–water partition coefficient (Wildman–Crippen LogP) is 2.97. The summed E-state index contributed by atoms with van der Waals surface area (Å²) in [6, 6.07) is 9.74. The zero-order chi connectivity index (χ0) is 15.4. The maximum atomic E-state index is 5.68. The number of ether oxygens (including phenoxy) is 1. The molecule has 0 bridgehead atoms. The van der Waals surface area contributed by atoms with Gasteiger partial charge in [0.25, 0.3) is 0 Å². The van der Waals surface area contributed by atoms with Crippen molar-refractivity contribution in [3.05, 3.63) is 54.1 Å². The summed E-state index contributed by atoms with van der Waals surface area (Å²) in [7, 11) is 0. The molecule has 0 N–H and O–H groups in total. The van der Waals surface area contributed by atoms with Crippen LogP contribution in [0.5, 0.6) is 11.8 Å². The molecule has 0 saturated heterocycles. The molecule has 0 aliphatic carbocycles. The van der Waals surface area contributed by atoms with Gasteiger partial charge in [0.15, 0.2) is 0 Å². The summed E-state index contributed by atoms with van der Waals surface area (Å²) in [5, 5.41) is 12.4. The van der Waals surface area contributed by atoms with Crippen LogP contribution in [0.15, 0.2) is 42.7 Å². The van der Waals surface area contributed by atoms with Crippen LogP contribution in [0.1, 0.15) is 25.2 Å². The molecule has 6 nitrogen and oxygen atoms in total. The van der Waals surface area contributed by atoms with Crippen LogP contribution in [-0.2, 0) is 12.8 Å². The monoisotopic (exact) mass is 295 g/mol. The zero-order valence-corrected chi connectivity index (χ0v) is 12.6. The summed E-state index contributed by atoms with van der Waals surface area (Å²) in [6.45, 7) is 4.09. The van der Waals surface area contributed by atoms with Crippen LogP contribution >= 0.6 is 0 Å². The van der Waals surface area contributed by atoms with Gasteiger partial charge in [0.05, 0.1) is 17.1 Å². The van der Waals surface area contributed by atoms with E-state index < -0.39 is 0 Å². The number of hydrogen-bond acceptors (Lipinski definition) is 5. The first-order valence-electron chi connectivity index (χ1n) is 7.30. The number of aromatic nitrogens is 5. The van der Waals surface area contributed by atoms with Gasteiger partial charge < -0.3 is 4.74 Å². The molecule has 3 aromatic rings. The second-order valence-corrected chi connectivity index (χ2v) is 4.74. The summed E-state index contributed by atoms with van der Waals surface area (Å²) in [4.78, 5) is 4.42. The van der Waals surface area contributed by atoms with Crippen LogP contribution in [0, 0.1) is 0 Å². The highest BCUT2D eigenvalue weighted by Gasteiger charge is 2.08. The van der Waals surface area contributed by atoms with E-state index in [-0.39, 0.29) is 6.01 Å².